The molecule has 0 fully saturated rings. The molecule has 26 heavy (non-hydrogen) atoms. The van der Waals surface area contributed by atoms with Crippen LogP contribution in [0.5, 0.6) is 0 Å². The van der Waals surface area contributed by atoms with E-state index in [0.717, 1.165) is 5.92 Å². The molecule has 0 saturated heterocycles. The van der Waals surface area contributed by atoms with Gasteiger partial charge in [0.25, 0.3) is 0 Å². The molecule has 0 saturated carbocycles. The molecule has 0 heterocycles. The quantitative estimate of drug-likeness (QED) is 0.393. The third-order valence-corrected chi connectivity index (χ3v) is 7.80. The molecule has 0 nitrogen and oxygen atoms in total. The van der Waals surface area contributed by atoms with E-state index in [1.807, 2.05) is 0 Å². The summed E-state index contributed by atoms with van der Waals surface area (Å²) < 4.78 is 1.51. The molecule has 2 atom stereocenters. The van der Waals surface area contributed by atoms with Gasteiger partial charge in [-0.05, 0) is 109 Å². The summed E-state index contributed by atoms with van der Waals surface area (Å²) in [6, 6.07) is 9.03. The molecule has 4 aliphatic rings. The highest BCUT2D eigenvalue weighted by atomic mass is 127. The zero-order valence-corrected chi connectivity index (χ0v) is 17.7. The van der Waals surface area contributed by atoms with Crippen molar-refractivity contribution in [2.24, 2.45) is 11.8 Å². The maximum atomic E-state index is 2.50. The van der Waals surface area contributed by atoms with Crippen molar-refractivity contribution in [3.8, 4) is 0 Å². The smallest absolute Gasteiger partial charge is 0.00233 e. The average molecular weight is 452 g/mol. The largest absolute Gasteiger partial charge is 0.0619 e. The number of fused-ring (bicyclic) bond motifs is 4. The lowest BCUT2D eigenvalue weighted by molar-refractivity contribution is 0.407. The minimum absolute atomic E-state index is 0.224. The van der Waals surface area contributed by atoms with E-state index in [4.69, 9.17) is 0 Å². The van der Waals surface area contributed by atoms with Crippen molar-refractivity contribution in [2.75, 3.05) is 0 Å². The molecule has 0 aromatic heterocycles. The van der Waals surface area contributed by atoms with Crippen LogP contribution in [0.3, 0.4) is 0 Å². The minimum atomic E-state index is 0.224. The molecular formula is C25H25I. The van der Waals surface area contributed by atoms with Crippen LogP contribution in [0.25, 0.3) is 5.57 Å². The van der Waals surface area contributed by atoms with Crippen molar-refractivity contribution in [1.29, 1.82) is 0 Å². The van der Waals surface area contributed by atoms with Crippen LogP contribution in [0.1, 0.15) is 50.7 Å². The van der Waals surface area contributed by atoms with Crippen LogP contribution in [-0.4, -0.2) is 0 Å². The van der Waals surface area contributed by atoms with Crippen LogP contribution in [0, 0.1) is 11.8 Å². The van der Waals surface area contributed by atoms with Crippen molar-refractivity contribution in [1.82, 2.24) is 0 Å². The first-order valence-corrected chi connectivity index (χ1v) is 10.9. The Morgan fingerprint density at radius 3 is 2.62 bits per heavy atom. The lowest BCUT2D eigenvalue weighted by Crippen LogP contribution is -2.25. The van der Waals surface area contributed by atoms with Gasteiger partial charge in [0.1, 0.15) is 0 Å². The van der Waals surface area contributed by atoms with E-state index in [1.165, 1.54) is 40.4 Å². The van der Waals surface area contributed by atoms with Gasteiger partial charge < -0.3 is 0 Å². The fraction of sp³-hybridized carbons (Fsp3) is 0.360. The highest BCUT2D eigenvalue weighted by Gasteiger charge is 2.43. The van der Waals surface area contributed by atoms with Gasteiger partial charge in [0.15, 0.2) is 0 Å². The van der Waals surface area contributed by atoms with E-state index in [1.54, 1.807) is 22.3 Å². The van der Waals surface area contributed by atoms with Gasteiger partial charge in [0.05, 0.1) is 0 Å². The molecular weight excluding hydrogens is 427 g/mol. The van der Waals surface area contributed by atoms with E-state index >= 15 is 0 Å². The second-order valence-corrected chi connectivity index (χ2v) is 10.1. The second-order valence-electron chi connectivity index (χ2n) is 8.73. The second kappa shape index (κ2) is 6.09. The Kier molecular flexibility index (Phi) is 3.93. The molecule has 1 heteroatoms. The third-order valence-electron chi connectivity index (χ3n) is 6.95. The van der Waals surface area contributed by atoms with Gasteiger partial charge >= 0.3 is 0 Å². The Balaban J connectivity index is 1.50. The zero-order valence-electron chi connectivity index (χ0n) is 15.6. The maximum Gasteiger partial charge on any atom is -0.00233 e. The molecule has 4 aliphatic carbocycles. The molecule has 1 aromatic carbocycles. The number of hydrogen-bond donors (Lipinski definition) is 0. The van der Waals surface area contributed by atoms with Crippen LogP contribution in [0.4, 0.5) is 0 Å². The van der Waals surface area contributed by atoms with Crippen molar-refractivity contribution < 1.29 is 0 Å². The molecule has 0 aliphatic heterocycles. The summed E-state index contributed by atoms with van der Waals surface area (Å²) in [4.78, 5) is 0. The van der Waals surface area contributed by atoms with Gasteiger partial charge in [-0.15, -0.1) is 0 Å². The summed E-state index contributed by atoms with van der Waals surface area (Å²) >= 11 is 2.50. The fourth-order valence-electron chi connectivity index (χ4n) is 5.37. The minimum Gasteiger partial charge on any atom is -0.0619 e. The highest BCUT2D eigenvalue weighted by molar-refractivity contribution is 14.1. The first-order chi connectivity index (χ1) is 12.5. The van der Waals surface area contributed by atoms with Gasteiger partial charge in [-0.2, -0.15) is 0 Å². The Morgan fingerprint density at radius 2 is 1.73 bits per heavy atom. The lowest BCUT2D eigenvalue weighted by atomic mass is 9.70. The Morgan fingerprint density at radius 1 is 0.962 bits per heavy atom. The third kappa shape index (κ3) is 2.54. The normalized spacial score (nSPS) is 28.7. The van der Waals surface area contributed by atoms with Crippen molar-refractivity contribution in [3.05, 3.63) is 86.1 Å². The first-order valence-electron chi connectivity index (χ1n) is 9.82. The van der Waals surface area contributed by atoms with E-state index in [2.05, 4.69) is 91.1 Å². The molecule has 0 spiro atoms. The maximum absolute atomic E-state index is 2.50. The monoisotopic (exact) mass is 452 g/mol. The molecule has 132 valence electrons. The lowest BCUT2D eigenvalue weighted by Gasteiger charge is -2.34. The summed E-state index contributed by atoms with van der Waals surface area (Å²) in [7, 11) is 0. The standard InChI is InChI=1S/C25H25I/c1-25(2)23-6-4-3-5-21(23)22-12-10-19(15-24(22)25)16-7-8-18-14-20(26)11-9-17(18)13-16/h3-8,10,12,14,17,24H,9,11,13,15H2,1-2H3. The molecule has 2 unspecified atom stereocenters. The summed E-state index contributed by atoms with van der Waals surface area (Å²) in [5.74, 6) is 1.34. The summed E-state index contributed by atoms with van der Waals surface area (Å²) in [5.41, 5.74) is 9.47. The van der Waals surface area contributed by atoms with Gasteiger partial charge in [-0.1, -0.05) is 62.4 Å². The van der Waals surface area contributed by atoms with E-state index in [-0.39, 0.29) is 5.41 Å². The predicted molar refractivity (Wildman–Crippen MR) is 119 cm³/mol. The Bertz CT molecular complexity index is 933. The topological polar surface area (TPSA) is 0 Å². The van der Waals surface area contributed by atoms with Gasteiger partial charge in [-0.3, -0.25) is 0 Å². The summed E-state index contributed by atoms with van der Waals surface area (Å²) in [5, 5.41) is 0. The fourth-order valence-corrected chi connectivity index (χ4v) is 6.04. The summed E-state index contributed by atoms with van der Waals surface area (Å²) in [6.45, 7) is 4.86. The van der Waals surface area contributed by atoms with E-state index in [0.29, 0.717) is 5.92 Å². The average Bonchev–Trinajstić information content (AvgIpc) is 2.89. The van der Waals surface area contributed by atoms with Crippen molar-refractivity contribution in [2.45, 2.75) is 44.9 Å². The molecule has 0 amide bonds. The van der Waals surface area contributed by atoms with Crippen molar-refractivity contribution >= 4 is 28.2 Å². The Hall–Kier alpha value is -1.35. The van der Waals surface area contributed by atoms with Crippen LogP contribution in [0.2, 0.25) is 0 Å². The van der Waals surface area contributed by atoms with Crippen LogP contribution in [-0.2, 0) is 5.41 Å². The van der Waals surface area contributed by atoms with Crippen LogP contribution in [0.15, 0.2) is 74.9 Å². The number of benzene rings is 1. The zero-order chi connectivity index (χ0) is 17.9. The predicted octanol–water partition coefficient (Wildman–Crippen LogP) is 7.29. The number of rotatable bonds is 1. The van der Waals surface area contributed by atoms with Gasteiger partial charge in [0.2, 0.25) is 0 Å². The molecule has 0 bridgehead atoms. The SMILES string of the molecule is CC1(C)c2ccccc2C2=CC=C(C3=CC=C4C=C(I)CCC4C3)CC21. The van der Waals surface area contributed by atoms with Gasteiger partial charge in [-0.25, -0.2) is 0 Å². The molecule has 5 rings (SSSR count). The molecule has 0 N–H and O–H groups in total. The molecule has 0 radical (unpaired) electrons. The highest BCUT2D eigenvalue weighted by Crippen LogP contribution is 2.54. The number of allylic oxidation sites excluding steroid dienone is 10. The van der Waals surface area contributed by atoms with Crippen LogP contribution >= 0.6 is 22.6 Å². The van der Waals surface area contributed by atoms with E-state index < -0.39 is 0 Å². The van der Waals surface area contributed by atoms with Crippen LogP contribution < -0.4 is 0 Å². The van der Waals surface area contributed by atoms with E-state index in [9.17, 15) is 0 Å². The Labute approximate surface area is 170 Å². The number of halogens is 1. The first kappa shape index (κ1) is 16.8. The number of hydrogen-bond acceptors (Lipinski definition) is 0. The summed E-state index contributed by atoms with van der Waals surface area (Å²) in [6.07, 6.45) is 17.0. The van der Waals surface area contributed by atoms with Crippen molar-refractivity contribution in [3.63, 3.8) is 0 Å². The molecule has 1 aromatic rings. The van der Waals surface area contributed by atoms with Gasteiger partial charge in [0, 0.05) is 0 Å².